The summed E-state index contributed by atoms with van der Waals surface area (Å²) < 4.78 is 5.10. The molecule has 0 saturated carbocycles. The maximum atomic E-state index is 11.8. The zero-order valence-corrected chi connectivity index (χ0v) is 11.0. The fourth-order valence-corrected chi connectivity index (χ4v) is 2.84. The first-order valence-corrected chi connectivity index (χ1v) is 6.59. The first-order valence-electron chi connectivity index (χ1n) is 5.34. The highest BCUT2D eigenvalue weighted by atomic mass is 35.5. The number of ether oxygens (including phenoxy) is 1. The summed E-state index contributed by atoms with van der Waals surface area (Å²) in [5.41, 5.74) is -0.0428. The average Bonchev–Trinajstić information content (AvgIpc) is 2.86. The van der Waals surface area contributed by atoms with E-state index in [2.05, 4.69) is 5.32 Å². The molecule has 2 rings (SSSR count). The normalized spacial score (nSPS) is 23.9. The Labute approximate surface area is 109 Å². The highest BCUT2D eigenvalue weighted by molar-refractivity contribution is 7.13. The molecule has 1 amide bonds. The number of nitrogens with one attached hydrogen (secondary N) is 1. The Morgan fingerprint density at radius 2 is 2.53 bits per heavy atom. The van der Waals surface area contributed by atoms with Crippen molar-refractivity contribution in [3.8, 4) is 0 Å². The van der Waals surface area contributed by atoms with Crippen LogP contribution in [0, 0.1) is 6.92 Å². The molecule has 17 heavy (non-hydrogen) atoms. The Bertz CT molecular complexity index is 426. The van der Waals surface area contributed by atoms with Gasteiger partial charge < -0.3 is 15.2 Å². The minimum atomic E-state index is -0.936. The minimum absolute atomic E-state index is 0.194. The third kappa shape index (κ3) is 2.80. The summed E-state index contributed by atoms with van der Waals surface area (Å²) in [4.78, 5) is 12.3. The summed E-state index contributed by atoms with van der Waals surface area (Å²) >= 11 is 7.30. The van der Waals surface area contributed by atoms with Gasteiger partial charge in [-0.05, 0) is 17.9 Å². The van der Waals surface area contributed by atoms with E-state index in [0.29, 0.717) is 22.9 Å². The van der Waals surface area contributed by atoms with Crippen molar-refractivity contribution in [2.24, 2.45) is 0 Å². The van der Waals surface area contributed by atoms with Crippen LogP contribution in [0.5, 0.6) is 0 Å². The summed E-state index contributed by atoms with van der Waals surface area (Å²) in [5.74, 6) is -0.242. The van der Waals surface area contributed by atoms with Gasteiger partial charge in [0.2, 0.25) is 0 Å². The van der Waals surface area contributed by atoms with Crippen LogP contribution < -0.4 is 5.32 Å². The molecule has 1 aromatic rings. The Kier molecular flexibility index (Phi) is 3.73. The fraction of sp³-hybridized carbons (Fsp3) is 0.545. The summed E-state index contributed by atoms with van der Waals surface area (Å²) in [6, 6.07) is 0. The second-order valence-electron chi connectivity index (χ2n) is 4.27. The largest absolute Gasteiger partial charge is 0.386 e. The van der Waals surface area contributed by atoms with Gasteiger partial charge in [0.15, 0.2) is 0 Å². The van der Waals surface area contributed by atoms with Crippen LogP contribution in [-0.2, 0) is 4.74 Å². The van der Waals surface area contributed by atoms with Gasteiger partial charge in [-0.1, -0.05) is 11.6 Å². The molecule has 0 spiro atoms. The van der Waals surface area contributed by atoms with Crippen LogP contribution in [0.25, 0.3) is 0 Å². The number of hydrogen-bond acceptors (Lipinski definition) is 4. The third-order valence-electron chi connectivity index (χ3n) is 2.77. The van der Waals surface area contributed by atoms with E-state index < -0.39 is 5.60 Å². The van der Waals surface area contributed by atoms with Crippen LogP contribution in [0.2, 0.25) is 5.02 Å². The van der Waals surface area contributed by atoms with Gasteiger partial charge >= 0.3 is 0 Å². The molecule has 0 bridgehead atoms. The monoisotopic (exact) mass is 275 g/mol. The Morgan fingerprint density at radius 3 is 3.06 bits per heavy atom. The number of carbonyl (C=O) groups is 1. The van der Waals surface area contributed by atoms with Crippen molar-refractivity contribution < 1.29 is 14.6 Å². The molecule has 1 fully saturated rings. The smallest absolute Gasteiger partial charge is 0.262 e. The number of aliphatic hydroxyl groups is 1. The first kappa shape index (κ1) is 12.8. The van der Waals surface area contributed by atoms with Gasteiger partial charge in [0, 0.05) is 19.6 Å². The number of rotatable bonds is 3. The lowest BCUT2D eigenvalue weighted by Crippen LogP contribution is -2.43. The topological polar surface area (TPSA) is 58.6 Å². The summed E-state index contributed by atoms with van der Waals surface area (Å²) in [7, 11) is 0. The van der Waals surface area contributed by atoms with Crippen molar-refractivity contribution in [3.63, 3.8) is 0 Å². The fourth-order valence-electron chi connectivity index (χ4n) is 1.64. The van der Waals surface area contributed by atoms with Crippen molar-refractivity contribution in [3.05, 3.63) is 20.8 Å². The van der Waals surface area contributed by atoms with Crippen LogP contribution >= 0.6 is 22.9 Å². The third-order valence-corrected chi connectivity index (χ3v) is 4.46. The molecule has 4 nitrogen and oxygen atoms in total. The summed E-state index contributed by atoms with van der Waals surface area (Å²) in [5, 5.41) is 15.0. The van der Waals surface area contributed by atoms with Crippen molar-refractivity contribution >= 4 is 28.8 Å². The molecular weight excluding hydrogens is 262 g/mol. The van der Waals surface area contributed by atoms with E-state index in [-0.39, 0.29) is 19.1 Å². The lowest BCUT2D eigenvalue weighted by Gasteiger charge is -2.20. The number of aryl methyl sites for hydroxylation is 1. The number of thiophene rings is 1. The average molecular weight is 276 g/mol. The van der Waals surface area contributed by atoms with Crippen LogP contribution in [0.3, 0.4) is 0 Å². The highest BCUT2D eigenvalue weighted by Crippen LogP contribution is 2.27. The molecule has 1 aliphatic rings. The molecule has 1 atom stereocenters. The number of carbonyl (C=O) groups excluding carboxylic acids is 1. The molecule has 0 aliphatic carbocycles. The van der Waals surface area contributed by atoms with Gasteiger partial charge in [-0.3, -0.25) is 4.79 Å². The van der Waals surface area contributed by atoms with E-state index in [4.69, 9.17) is 16.3 Å². The number of hydrogen-bond donors (Lipinski definition) is 2. The molecule has 1 unspecified atom stereocenters. The van der Waals surface area contributed by atoms with E-state index in [1.807, 2.05) is 12.3 Å². The van der Waals surface area contributed by atoms with Crippen LogP contribution in [0.15, 0.2) is 5.38 Å². The van der Waals surface area contributed by atoms with Crippen molar-refractivity contribution in [1.82, 2.24) is 5.32 Å². The van der Waals surface area contributed by atoms with E-state index in [1.54, 1.807) is 0 Å². The van der Waals surface area contributed by atoms with E-state index in [0.717, 1.165) is 5.56 Å². The molecule has 0 radical (unpaired) electrons. The van der Waals surface area contributed by atoms with Gasteiger partial charge in [-0.25, -0.2) is 0 Å². The van der Waals surface area contributed by atoms with Crippen molar-refractivity contribution in [2.45, 2.75) is 18.9 Å². The zero-order valence-electron chi connectivity index (χ0n) is 9.46. The highest BCUT2D eigenvalue weighted by Gasteiger charge is 2.32. The number of halogens is 1. The van der Waals surface area contributed by atoms with E-state index >= 15 is 0 Å². The first-order chi connectivity index (χ1) is 8.02. The van der Waals surface area contributed by atoms with Crippen LogP contribution in [0.1, 0.15) is 21.7 Å². The summed E-state index contributed by atoms with van der Waals surface area (Å²) in [6.07, 6.45) is 0.546. The standard InChI is InChI=1S/C11H14ClNO3S/c1-7-4-17-9(8(7)12)10(14)13-5-11(15)2-3-16-6-11/h4,15H,2-3,5-6H2,1H3,(H,13,14). The Hall–Kier alpha value is -0.620. The van der Waals surface area contributed by atoms with Crippen LogP contribution in [-0.4, -0.2) is 36.4 Å². The molecule has 2 heterocycles. The number of amides is 1. The molecule has 6 heteroatoms. The van der Waals surface area contributed by atoms with Gasteiger partial charge in [-0.2, -0.15) is 0 Å². The predicted octanol–water partition coefficient (Wildman–Crippen LogP) is 1.59. The maximum absolute atomic E-state index is 11.8. The van der Waals surface area contributed by atoms with Crippen molar-refractivity contribution in [1.29, 1.82) is 0 Å². The van der Waals surface area contributed by atoms with Crippen molar-refractivity contribution in [2.75, 3.05) is 19.8 Å². The van der Waals surface area contributed by atoms with Crippen LogP contribution in [0.4, 0.5) is 0 Å². The molecule has 2 N–H and O–H groups in total. The minimum Gasteiger partial charge on any atom is -0.386 e. The summed E-state index contributed by atoms with van der Waals surface area (Å²) in [6.45, 7) is 2.85. The molecule has 1 aliphatic heterocycles. The van der Waals surface area contributed by atoms with Gasteiger partial charge in [0.1, 0.15) is 10.5 Å². The Morgan fingerprint density at radius 1 is 1.76 bits per heavy atom. The van der Waals surface area contributed by atoms with Gasteiger partial charge in [0.05, 0.1) is 11.6 Å². The molecule has 0 aromatic carbocycles. The quantitative estimate of drug-likeness (QED) is 0.881. The van der Waals surface area contributed by atoms with Gasteiger partial charge in [0.25, 0.3) is 5.91 Å². The van der Waals surface area contributed by atoms with E-state index in [9.17, 15) is 9.90 Å². The molecule has 94 valence electrons. The van der Waals surface area contributed by atoms with E-state index in [1.165, 1.54) is 11.3 Å². The second-order valence-corrected chi connectivity index (χ2v) is 5.53. The molecule has 1 saturated heterocycles. The predicted molar refractivity (Wildman–Crippen MR) is 66.8 cm³/mol. The molecule has 1 aromatic heterocycles. The Balaban J connectivity index is 1.96. The molecular formula is C11H14ClNO3S. The van der Waals surface area contributed by atoms with Gasteiger partial charge in [-0.15, -0.1) is 11.3 Å². The lowest BCUT2D eigenvalue weighted by atomic mass is 10.0. The lowest BCUT2D eigenvalue weighted by molar-refractivity contribution is 0.0265. The maximum Gasteiger partial charge on any atom is 0.262 e. The second kappa shape index (κ2) is 4.94. The SMILES string of the molecule is Cc1csc(C(=O)NCC2(O)CCOC2)c1Cl. The zero-order chi connectivity index (χ0) is 12.5.